The minimum Gasteiger partial charge on any atom is -0.443 e. The quantitative estimate of drug-likeness (QED) is 0.847. The van der Waals surface area contributed by atoms with Crippen LogP contribution in [-0.4, -0.2) is 49.2 Å². The van der Waals surface area contributed by atoms with Crippen LogP contribution in [0.1, 0.15) is 0 Å². The summed E-state index contributed by atoms with van der Waals surface area (Å²) >= 11 is 0. The number of piperazine rings is 1. The number of aromatic nitrogens is 1. The van der Waals surface area contributed by atoms with Crippen LogP contribution in [0.15, 0.2) is 29.0 Å². The Balaban J connectivity index is 1.52. The number of oxazole rings is 1. The van der Waals surface area contributed by atoms with Gasteiger partial charge in [-0.15, -0.1) is 0 Å². The highest BCUT2D eigenvalue weighted by molar-refractivity contribution is 5.76. The molecule has 1 aromatic carbocycles. The Labute approximate surface area is 106 Å². The molecule has 3 rings (SSSR count). The number of rotatable bonds is 4. The molecule has 5 nitrogen and oxygen atoms in total. The molecule has 18 heavy (non-hydrogen) atoms. The van der Waals surface area contributed by atoms with Crippen molar-refractivity contribution in [3.8, 4) is 0 Å². The third-order valence-corrected chi connectivity index (χ3v) is 3.30. The zero-order chi connectivity index (χ0) is 12.2. The topological polar surface area (TPSA) is 53.3 Å². The van der Waals surface area contributed by atoms with Crippen molar-refractivity contribution in [2.24, 2.45) is 0 Å². The van der Waals surface area contributed by atoms with Crippen LogP contribution >= 0.6 is 0 Å². The lowest BCUT2D eigenvalue weighted by atomic mass is 10.3. The molecule has 5 heteroatoms. The standard InChI is InChI=1S/C13H18N4O/c1-2-12-13(18-10-16-12)9-11(1)15-5-8-17-6-3-14-4-7-17/h1-2,9-10,14-15H,3-8H2. The Morgan fingerprint density at radius 1 is 1.33 bits per heavy atom. The first-order valence-corrected chi connectivity index (χ1v) is 6.42. The largest absolute Gasteiger partial charge is 0.443 e. The third-order valence-electron chi connectivity index (χ3n) is 3.30. The molecular formula is C13H18N4O. The van der Waals surface area contributed by atoms with Crippen molar-refractivity contribution >= 4 is 16.8 Å². The monoisotopic (exact) mass is 246 g/mol. The first-order chi connectivity index (χ1) is 8.92. The molecular weight excluding hydrogens is 228 g/mol. The average molecular weight is 246 g/mol. The van der Waals surface area contributed by atoms with Gasteiger partial charge in [-0.05, 0) is 12.1 Å². The lowest BCUT2D eigenvalue weighted by Crippen LogP contribution is -2.45. The summed E-state index contributed by atoms with van der Waals surface area (Å²) in [6.07, 6.45) is 1.48. The second-order valence-corrected chi connectivity index (χ2v) is 4.55. The summed E-state index contributed by atoms with van der Waals surface area (Å²) in [5, 5.41) is 6.78. The van der Waals surface area contributed by atoms with E-state index in [-0.39, 0.29) is 0 Å². The van der Waals surface area contributed by atoms with E-state index in [4.69, 9.17) is 4.42 Å². The smallest absolute Gasteiger partial charge is 0.181 e. The molecule has 0 bridgehead atoms. The maximum absolute atomic E-state index is 5.29. The van der Waals surface area contributed by atoms with Crippen LogP contribution in [0.5, 0.6) is 0 Å². The SMILES string of the molecule is c1nc2ccc(NCCN3CCNCC3)cc2o1. The van der Waals surface area contributed by atoms with Gasteiger partial charge in [0.25, 0.3) is 0 Å². The molecule has 0 amide bonds. The number of benzene rings is 1. The van der Waals surface area contributed by atoms with Gasteiger partial charge in [0, 0.05) is 51.0 Å². The molecule has 2 aromatic rings. The number of fused-ring (bicyclic) bond motifs is 1. The molecule has 2 N–H and O–H groups in total. The van der Waals surface area contributed by atoms with E-state index in [0.717, 1.165) is 56.1 Å². The predicted octanol–water partition coefficient (Wildman–Crippen LogP) is 1.14. The molecule has 1 aromatic heterocycles. The second-order valence-electron chi connectivity index (χ2n) is 4.55. The molecule has 96 valence electrons. The molecule has 0 saturated carbocycles. The summed E-state index contributed by atoms with van der Waals surface area (Å²) in [6, 6.07) is 6.02. The van der Waals surface area contributed by atoms with Crippen LogP contribution in [0.2, 0.25) is 0 Å². The van der Waals surface area contributed by atoms with Crippen molar-refractivity contribution in [3.63, 3.8) is 0 Å². The maximum Gasteiger partial charge on any atom is 0.181 e. The fourth-order valence-electron chi connectivity index (χ4n) is 2.26. The molecule has 0 radical (unpaired) electrons. The van der Waals surface area contributed by atoms with Crippen molar-refractivity contribution in [1.82, 2.24) is 15.2 Å². The van der Waals surface area contributed by atoms with Gasteiger partial charge in [-0.1, -0.05) is 0 Å². The van der Waals surface area contributed by atoms with E-state index in [0.29, 0.717) is 0 Å². The Hall–Kier alpha value is -1.59. The van der Waals surface area contributed by atoms with Gasteiger partial charge < -0.3 is 15.1 Å². The Bertz CT molecular complexity index is 504. The number of anilines is 1. The molecule has 1 fully saturated rings. The van der Waals surface area contributed by atoms with Gasteiger partial charge in [0.1, 0.15) is 5.52 Å². The zero-order valence-corrected chi connectivity index (χ0v) is 10.4. The van der Waals surface area contributed by atoms with Gasteiger partial charge in [0.05, 0.1) is 0 Å². The number of hydrogen-bond donors (Lipinski definition) is 2. The molecule has 0 atom stereocenters. The second kappa shape index (κ2) is 5.37. The van der Waals surface area contributed by atoms with Crippen LogP contribution in [0, 0.1) is 0 Å². The van der Waals surface area contributed by atoms with Gasteiger partial charge in [0.15, 0.2) is 12.0 Å². The highest BCUT2D eigenvalue weighted by Crippen LogP contribution is 2.17. The fraction of sp³-hybridized carbons (Fsp3) is 0.462. The van der Waals surface area contributed by atoms with Gasteiger partial charge in [-0.25, -0.2) is 4.98 Å². The maximum atomic E-state index is 5.29. The summed E-state index contributed by atoms with van der Waals surface area (Å²) in [5.41, 5.74) is 2.83. The van der Waals surface area contributed by atoms with E-state index in [2.05, 4.69) is 20.5 Å². The van der Waals surface area contributed by atoms with Gasteiger partial charge in [-0.3, -0.25) is 4.90 Å². The Morgan fingerprint density at radius 2 is 2.22 bits per heavy atom. The lowest BCUT2D eigenvalue weighted by molar-refractivity contribution is 0.249. The van der Waals surface area contributed by atoms with Gasteiger partial charge in [-0.2, -0.15) is 0 Å². The van der Waals surface area contributed by atoms with Crippen LogP contribution in [0.4, 0.5) is 5.69 Å². The summed E-state index contributed by atoms with van der Waals surface area (Å²) in [5.74, 6) is 0. The number of hydrogen-bond acceptors (Lipinski definition) is 5. The Morgan fingerprint density at radius 3 is 3.11 bits per heavy atom. The average Bonchev–Trinajstić information content (AvgIpc) is 2.87. The lowest BCUT2D eigenvalue weighted by Gasteiger charge is -2.27. The van der Waals surface area contributed by atoms with Crippen LogP contribution in [-0.2, 0) is 0 Å². The Kier molecular flexibility index (Phi) is 3.43. The normalized spacial score (nSPS) is 17.1. The summed E-state index contributed by atoms with van der Waals surface area (Å²) in [7, 11) is 0. The summed E-state index contributed by atoms with van der Waals surface area (Å²) in [6.45, 7) is 6.52. The molecule has 1 aliphatic heterocycles. The first-order valence-electron chi connectivity index (χ1n) is 6.42. The highest BCUT2D eigenvalue weighted by atomic mass is 16.3. The van der Waals surface area contributed by atoms with E-state index in [1.165, 1.54) is 6.39 Å². The zero-order valence-electron chi connectivity index (χ0n) is 10.4. The van der Waals surface area contributed by atoms with Crippen molar-refractivity contribution in [3.05, 3.63) is 24.6 Å². The van der Waals surface area contributed by atoms with Gasteiger partial charge >= 0.3 is 0 Å². The van der Waals surface area contributed by atoms with Crippen molar-refractivity contribution in [2.75, 3.05) is 44.6 Å². The van der Waals surface area contributed by atoms with Gasteiger partial charge in [0.2, 0.25) is 0 Å². The van der Waals surface area contributed by atoms with E-state index < -0.39 is 0 Å². The predicted molar refractivity (Wildman–Crippen MR) is 71.8 cm³/mol. The minimum atomic E-state index is 0.835. The molecule has 0 spiro atoms. The highest BCUT2D eigenvalue weighted by Gasteiger charge is 2.08. The van der Waals surface area contributed by atoms with Crippen LogP contribution in [0.25, 0.3) is 11.1 Å². The van der Waals surface area contributed by atoms with Crippen LogP contribution < -0.4 is 10.6 Å². The van der Waals surface area contributed by atoms with E-state index >= 15 is 0 Å². The van der Waals surface area contributed by atoms with Crippen molar-refractivity contribution in [2.45, 2.75) is 0 Å². The molecule has 1 aliphatic rings. The van der Waals surface area contributed by atoms with Crippen molar-refractivity contribution in [1.29, 1.82) is 0 Å². The first kappa shape index (κ1) is 11.5. The molecule has 0 aliphatic carbocycles. The molecule has 0 unspecified atom stereocenters. The van der Waals surface area contributed by atoms with Crippen molar-refractivity contribution < 1.29 is 4.42 Å². The number of nitrogens with one attached hydrogen (secondary N) is 2. The third kappa shape index (κ3) is 2.63. The molecule has 1 saturated heterocycles. The fourth-order valence-corrected chi connectivity index (χ4v) is 2.26. The minimum absolute atomic E-state index is 0.835. The summed E-state index contributed by atoms with van der Waals surface area (Å²) < 4.78 is 5.29. The number of nitrogens with zero attached hydrogens (tertiary/aromatic N) is 2. The molecule has 2 heterocycles. The van der Waals surface area contributed by atoms with Crippen LogP contribution in [0.3, 0.4) is 0 Å². The van der Waals surface area contributed by atoms with E-state index in [9.17, 15) is 0 Å². The van der Waals surface area contributed by atoms with E-state index in [1.54, 1.807) is 0 Å². The van der Waals surface area contributed by atoms with E-state index in [1.807, 2.05) is 18.2 Å². The summed E-state index contributed by atoms with van der Waals surface area (Å²) in [4.78, 5) is 6.57.